The Morgan fingerprint density at radius 2 is 1.96 bits per heavy atom. The first-order chi connectivity index (χ1) is 13.5. The van der Waals surface area contributed by atoms with E-state index in [1.165, 1.54) is 17.7 Å². The van der Waals surface area contributed by atoms with Gasteiger partial charge in [0, 0.05) is 31.6 Å². The van der Waals surface area contributed by atoms with Crippen LogP contribution in [0.3, 0.4) is 0 Å². The molecule has 2 aliphatic rings. The number of halogens is 1. The maximum Gasteiger partial charge on any atom is 0.255 e. The van der Waals surface area contributed by atoms with Crippen LogP contribution in [0.15, 0.2) is 42.6 Å². The molecule has 4 nitrogen and oxygen atoms in total. The fourth-order valence-electron chi connectivity index (χ4n) is 4.50. The summed E-state index contributed by atoms with van der Waals surface area (Å²) in [6.45, 7) is 4.12. The van der Waals surface area contributed by atoms with Crippen molar-refractivity contribution in [1.82, 2.24) is 9.88 Å². The lowest BCUT2D eigenvalue weighted by Gasteiger charge is -2.46. The Kier molecular flexibility index (Phi) is 5.44. The van der Waals surface area contributed by atoms with Gasteiger partial charge in [-0.25, -0.2) is 4.39 Å². The fourth-order valence-corrected chi connectivity index (χ4v) is 4.50. The topological polar surface area (TPSA) is 42.4 Å². The van der Waals surface area contributed by atoms with E-state index in [2.05, 4.69) is 4.98 Å². The van der Waals surface area contributed by atoms with Crippen LogP contribution in [-0.4, -0.2) is 41.1 Å². The molecule has 2 saturated heterocycles. The average Bonchev–Trinajstić information content (AvgIpc) is 2.71. The van der Waals surface area contributed by atoms with E-state index >= 15 is 0 Å². The highest BCUT2D eigenvalue weighted by Gasteiger charge is 2.41. The molecule has 0 radical (unpaired) electrons. The smallest absolute Gasteiger partial charge is 0.255 e. The maximum atomic E-state index is 13.1. The van der Waals surface area contributed by atoms with Gasteiger partial charge in [-0.05, 0) is 74.8 Å². The van der Waals surface area contributed by atoms with Crippen LogP contribution >= 0.6 is 0 Å². The molecule has 148 valence electrons. The first-order valence-corrected chi connectivity index (χ1v) is 10.1. The predicted molar refractivity (Wildman–Crippen MR) is 106 cm³/mol. The molecule has 0 N–H and O–H groups in total. The van der Waals surface area contributed by atoms with Crippen molar-refractivity contribution in [3.8, 4) is 0 Å². The second-order valence-corrected chi connectivity index (χ2v) is 8.20. The van der Waals surface area contributed by atoms with Crippen LogP contribution in [0.4, 0.5) is 4.39 Å². The van der Waals surface area contributed by atoms with E-state index in [4.69, 9.17) is 4.74 Å². The van der Waals surface area contributed by atoms with Gasteiger partial charge in [0.2, 0.25) is 0 Å². The number of aromatic nitrogens is 1. The Labute approximate surface area is 165 Å². The number of amides is 1. The lowest BCUT2D eigenvalue weighted by Crippen LogP contribution is -2.51. The zero-order valence-electron chi connectivity index (χ0n) is 16.4. The van der Waals surface area contributed by atoms with Crippen LogP contribution in [-0.2, 0) is 11.2 Å². The second-order valence-electron chi connectivity index (χ2n) is 8.20. The van der Waals surface area contributed by atoms with Crippen molar-refractivity contribution in [2.75, 3.05) is 19.7 Å². The lowest BCUT2D eigenvalue weighted by molar-refractivity contribution is -0.123. The molecule has 5 heteroatoms. The van der Waals surface area contributed by atoms with Gasteiger partial charge in [-0.15, -0.1) is 0 Å². The minimum Gasteiger partial charge on any atom is -0.375 e. The number of pyridine rings is 1. The SMILES string of the molecule is Cc1ccc(C(=O)N2CCC3(CC2)CC(Cc2ccc(F)cc2)CCO3)cn1. The third-order valence-corrected chi connectivity index (χ3v) is 6.15. The van der Waals surface area contributed by atoms with E-state index in [9.17, 15) is 9.18 Å². The summed E-state index contributed by atoms with van der Waals surface area (Å²) in [7, 11) is 0. The number of piperidine rings is 1. The predicted octanol–water partition coefficient (Wildman–Crippen LogP) is 4.17. The molecule has 0 aliphatic carbocycles. The molecular formula is C23H27FN2O2. The summed E-state index contributed by atoms with van der Waals surface area (Å²) in [4.78, 5) is 18.9. The number of nitrogens with zero attached hydrogens (tertiary/aromatic N) is 2. The molecule has 1 aromatic heterocycles. The first kappa shape index (κ1) is 19.1. The Hall–Kier alpha value is -2.27. The van der Waals surface area contributed by atoms with Crippen molar-refractivity contribution in [1.29, 1.82) is 0 Å². The van der Waals surface area contributed by atoms with Gasteiger partial charge in [-0.3, -0.25) is 9.78 Å². The summed E-state index contributed by atoms with van der Waals surface area (Å²) in [5.74, 6) is 0.414. The highest BCUT2D eigenvalue weighted by molar-refractivity contribution is 5.94. The van der Waals surface area contributed by atoms with Crippen molar-refractivity contribution in [3.63, 3.8) is 0 Å². The molecule has 1 unspecified atom stereocenters. The van der Waals surface area contributed by atoms with Crippen molar-refractivity contribution in [2.45, 2.75) is 44.6 Å². The largest absolute Gasteiger partial charge is 0.375 e. The van der Waals surface area contributed by atoms with Crippen LogP contribution in [0.5, 0.6) is 0 Å². The molecule has 2 aromatic rings. The Morgan fingerprint density at radius 1 is 1.21 bits per heavy atom. The molecule has 1 atom stereocenters. The number of aryl methyl sites for hydroxylation is 1. The van der Waals surface area contributed by atoms with Crippen LogP contribution in [0.1, 0.15) is 47.3 Å². The van der Waals surface area contributed by atoms with Gasteiger partial charge in [0.05, 0.1) is 11.2 Å². The Morgan fingerprint density at radius 3 is 2.64 bits per heavy atom. The standard InChI is InChI=1S/C23H27FN2O2/c1-17-2-5-20(16-25-17)22(27)26-11-9-23(10-12-26)15-19(8-13-28-23)14-18-3-6-21(24)7-4-18/h2-7,16,19H,8-15H2,1H3. The number of likely N-dealkylation sites (tertiary alicyclic amines) is 1. The number of hydrogen-bond acceptors (Lipinski definition) is 3. The van der Waals surface area contributed by atoms with E-state index in [1.807, 2.05) is 36.1 Å². The summed E-state index contributed by atoms with van der Waals surface area (Å²) >= 11 is 0. The molecule has 2 aliphatic heterocycles. The van der Waals surface area contributed by atoms with Crippen LogP contribution < -0.4 is 0 Å². The summed E-state index contributed by atoms with van der Waals surface area (Å²) in [6, 6.07) is 10.6. The molecule has 2 fully saturated rings. The molecule has 1 amide bonds. The zero-order chi connectivity index (χ0) is 19.6. The number of carbonyl (C=O) groups excluding carboxylic acids is 1. The monoisotopic (exact) mass is 382 g/mol. The first-order valence-electron chi connectivity index (χ1n) is 10.1. The van der Waals surface area contributed by atoms with Crippen molar-refractivity contribution >= 4 is 5.91 Å². The highest BCUT2D eigenvalue weighted by Crippen LogP contribution is 2.39. The molecular weight excluding hydrogens is 355 g/mol. The van der Waals surface area contributed by atoms with E-state index in [0.717, 1.165) is 57.5 Å². The van der Waals surface area contributed by atoms with Crippen LogP contribution in [0, 0.1) is 18.7 Å². The maximum absolute atomic E-state index is 13.1. The molecule has 28 heavy (non-hydrogen) atoms. The van der Waals surface area contributed by atoms with E-state index in [1.54, 1.807) is 6.20 Å². The fraction of sp³-hybridized carbons (Fsp3) is 0.478. The van der Waals surface area contributed by atoms with Gasteiger partial charge < -0.3 is 9.64 Å². The van der Waals surface area contributed by atoms with Crippen LogP contribution in [0.2, 0.25) is 0 Å². The number of hydrogen-bond donors (Lipinski definition) is 0. The lowest BCUT2D eigenvalue weighted by atomic mass is 9.77. The van der Waals surface area contributed by atoms with Gasteiger partial charge in [0.15, 0.2) is 0 Å². The number of ether oxygens (including phenoxy) is 1. The number of carbonyl (C=O) groups is 1. The Bertz CT molecular complexity index is 812. The van der Waals surface area contributed by atoms with E-state index < -0.39 is 0 Å². The normalized spacial score (nSPS) is 21.6. The average molecular weight is 382 g/mol. The van der Waals surface area contributed by atoms with Gasteiger partial charge in [0.25, 0.3) is 5.91 Å². The molecule has 1 spiro atoms. The molecule has 0 saturated carbocycles. The third kappa shape index (κ3) is 4.25. The van der Waals surface area contributed by atoms with Crippen molar-refractivity contribution in [2.24, 2.45) is 5.92 Å². The minimum atomic E-state index is -0.187. The number of benzene rings is 1. The summed E-state index contributed by atoms with van der Waals surface area (Å²) in [5.41, 5.74) is 2.63. The third-order valence-electron chi connectivity index (χ3n) is 6.15. The molecule has 0 bridgehead atoms. The zero-order valence-corrected chi connectivity index (χ0v) is 16.4. The molecule has 3 heterocycles. The quantitative estimate of drug-likeness (QED) is 0.800. The minimum absolute atomic E-state index is 0.0565. The van der Waals surface area contributed by atoms with Gasteiger partial charge >= 0.3 is 0 Å². The highest BCUT2D eigenvalue weighted by atomic mass is 19.1. The van der Waals surface area contributed by atoms with Crippen molar-refractivity contribution < 1.29 is 13.9 Å². The van der Waals surface area contributed by atoms with E-state index in [0.29, 0.717) is 11.5 Å². The number of rotatable bonds is 3. The summed E-state index contributed by atoms with van der Waals surface area (Å²) in [6.07, 6.45) is 6.42. The van der Waals surface area contributed by atoms with Crippen LogP contribution in [0.25, 0.3) is 0 Å². The second kappa shape index (κ2) is 8.00. The molecule has 4 rings (SSSR count). The summed E-state index contributed by atoms with van der Waals surface area (Å²) in [5, 5.41) is 0. The van der Waals surface area contributed by atoms with Gasteiger partial charge in [-0.1, -0.05) is 12.1 Å². The van der Waals surface area contributed by atoms with E-state index in [-0.39, 0.29) is 17.3 Å². The Balaban J connectivity index is 1.35. The van der Waals surface area contributed by atoms with Gasteiger partial charge in [-0.2, -0.15) is 0 Å². The molecule has 1 aromatic carbocycles. The summed E-state index contributed by atoms with van der Waals surface area (Å²) < 4.78 is 19.4. The van der Waals surface area contributed by atoms with Gasteiger partial charge in [0.1, 0.15) is 5.82 Å². The van der Waals surface area contributed by atoms with Crippen molar-refractivity contribution in [3.05, 3.63) is 65.2 Å².